The molecule has 2 aromatic rings. The summed E-state index contributed by atoms with van der Waals surface area (Å²) in [4.78, 5) is 15.8. The Labute approximate surface area is 105 Å². The molecule has 0 fully saturated rings. The molecule has 1 aliphatic rings. The van der Waals surface area contributed by atoms with Crippen molar-refractivity contribution in [3.8, 4) is 17.0 Å². The Morgan fingerprint density at radius 3 is 2.67 bits per heavy atom. The van der Waals surface area contributed by atoms with Gasteiger partial charge in [0.05, 0.1) is 7.11 Å². The van der Waals surface area contributed by atoms with Crippen LogP contribution in [0.3, 0.4) is 0 Å². The van der Waals surface area contributed by atoms with E-state index in [1.54, 1.807) is 13.3 Å². The largest absolute Gasteiger partial charge is 0.481 e. The second-order valence-electron chi connectivity index (χ2n) is 4.38. The molecule has 0 amide bonds. The van der Waals surface area contributed by atoms with Crippen LogP contribution in [0.15, 0.2) is 36.5 Å². The number of hydrogen-bond donors (Lipinski definition) is 0. The zero-order valence-electron chi connectivity index (χ0n) is 10.1. The standard InChI is InChI=1S/C15H13NO2/c1-18-15-7-4-12(9-16-15)10-2-5-13-11(8-10)3-6-14(13)17/h2,4-5,7-9H,3,6H2,1H3. The first-order valence-corrected chi connectivity index (χ1v) is 5.94. The minimum Gasteiger partial charge on any atom is -0.481 e. The lowest BCUT2D eigenvalue weighted by atomic mass is 10.0. The summed E-state index contributed by atoms with van der Waals surface area (Å²) >= 11 is 0. The second-order valence-corrected chi connectivity index (χ2v) is 4.38. The van der Waals surface area contributed by atoms with E-state index in [1.807, 2.05) is 24.3 Å². The molecule has 1 aliphatic carbocycles. The molecular weight excluding hydrogens is 226 g/mol. The Bertz CT molecular complexity index is 602. The fraction of sp³-hybridized carbons (Fsp3) is 0.200. The van der Waals surface area contributed by atoms with Crippen LogP contribution in [-0.2, 0) is 6.42 Å². The maximum atomic E-state index is 11.6. The summed E-state index contributed by atoms with van der Waals surface area (Å²) in [5.41, 5.74) is 4.16. The Kier molecular flexibility index (Phi) is 2.59. The van der Waals surface area contributed by atoms with Gasteiger partial charge in [-0.05, 0) is 23.6 Å². The first-order valence-electron chi connectivity index (χ1n) is 5.94. The quantitative estimate of drug-likeness (QED) is 0.808. The van der Waals surface area contributed by atoms with E-state index in [2.05, 4.69) is 11.1 Å². The second kappa shape index (κ2) is 4.26. The lowest BCUT2D eigenvalue weighted by Gasteiger charge is -2.05. The predicted molar refractivity (Wildman–Crippen MR) is 68.9 cm³/mol. The van der Waals surface area contributed by atoms with Crippen LogP contribution in [0.5, 0.6) is 5.88 Å². The van der Waals surface area contributed by atoms with E-state index in [1.165, 1.54) is 0 Å². The molecule has 3 nitrogen and oxygen atoms in total. The van der Waals surface area contributed by atoms with Gasteiger partial charge >= 0.3 is 0 Å². The molecule has 0 unspecified atom stereocenters. The van der Waals surface area contributed by atoms with E-state index in [9.17, 15) is 4.79 Å². The maximum absolute atomic E-state index is 11.6. The average Bonchev–Trinajstić information content (AvgIpc) is 2.80. The van der Waals surface area contributed by atoms with E-state index in [-0.39, 0.29) is 5.78 Å². The molecule has 0 bridgehead atoms. The monoisotopic (exact) mass is 239 g/mol. The van der Waals surface area contributed by atoms with Crippen molar-refractivity contribution in [2.45, 2.75) is 12.8 Å². The number of nitrogens with zero attached hydrogens (tertiary/aromatic N) is 1. The molecule has 0 spiro atoms. The normalized spacial score (nSPS) is 13.5. The van der Waals surface area contributed by atoms with Crippen LogP contribution in [0, 0.1) is 0 Å². The van der Waals surface area contributed by atoms with Gasteiger partial charge < -0.3 is 4.74 Å². The molecule has 3 rings (SSSR count). The highest BCUT2D eigenvalue weighted by Gasteiger charge is 2.19. The molecule has 1 aromatic heterocycles. The van der Waals surface area contributed by atoms with Gasteiger partial charge in [-0.2, -0.15) is 0 Å². The SMILES string of the molecule is COc1ccc(-c2ccc3c(c2)CCC3=O)cn1. The number of methoxy groups -OCH3 is 1. The fourth-order valence-corrected chi connectivity index (χ4v) is 2.31. The molecule has 0 saturated carbocycles. The third kappa shape index (κ3) is 1.78. The fourth-order valence-electron chi connectivity index (χ4n) is 2.31. The van der Waals surface area contributed by atoms with E-state index in [0.717, 1.165) is 28.7 Å². The number of carbonyl (C=O) groups is 1. The number of benzene rings is 1. The van der Waals surface area contributed by atoms with E-state index in [4.69, 9.17) is 4.74 Å². The van der Waals surface area contributed by atoms with Crippen molar-refractivity contribution in [1.29, 1.82) is 0 Å². The molecule has 0 atom stereocenters. The van der Waals surface area contributed by atoms with Gasteiger partial charge in [-0.3, -0.25) is 4.79 Å². The molecule has 0 saturated heterocycles. The summed E-state index contributed by atoms with van der Waals surface area (Å²) < 4.78 is 5.04. The zero-order valence-corrected chi connectivity index (χ0v) is 10.1. The van der Waals surface area contributed by atoms with Crippen LogP contribution in [0.4, 0.5) is 0 Å². The van der Waals surface area contributed by atoms with Crippen LogP contribution in [0.2, 0.25) is 0 Å². The molecule has 1 aromatic carbocycles. The number of aryl methyl sites for hydroxylation is 1. The van der Waals surface area contributed by atoms with Crippen LogP contribution < -0.4 is 4.74 Å². The molecule has 18 heavy (non-hydrogen) atoms. The minimum atomic E-state index is 0.254. The highest BCUT2D eigenvalue weighted by atomic mass is 16.5. The molecule has 0 radical (unpaired) electrons. The van der Waals surface area contributed by atoms with Crippen LogP contribution in [0.25, 0.3) is 11.1 Å². The van der Waals surface area contributed by atoms with Crippen molar-refractivity contribution in [3.63, 3.8) is 0 Å². The van der Waals surface area contributed by atoms with Crippen molar-refractivity contribution in [1.82, 2.24) is 4.98 Å². The van der Waals surface area contributed by atoms with Crippen LogP contribution in [-0.4, -0.2) is 17.9 Å². The average molecular weight is 239 g/mol. The lowest BCUT2D eigenvalue weighted by Crippen LogP contribution is -1.91. The van der Waals surface area contributed by atoms with Gasteiger partial charge in [-0.15, -0.1) is 0 Å². The summed E-state index contributed by atoms with van der Waals surface area (Å²) in [6, 6.07) is 9.80. The lowest BCUT2D eigenvalue weighted by molar-refractivity contribution is 0.0994. The minimum absolute atomic E-state index is 0.254. The van der Waals surface area contributed by atoms with Crippen LogP contribution >= 0.6 is 0 Å². The van der Waals surface area contributed by atoms with Gasteiger partial charge in [0.2, 0.25) is 5.88 Å². The zero-order chi connectivity index (χ0) is 12.5. The van der Waals surface area contributed by atoms with Gasteiger partial charge in [0.15, 0.2) is 5.78 Å². The molecule has 0 N–H and O–H groups in total. The number of pyridine rings is 1. The number of Topliss-reactive ketones (excluding diaryl/α,β-unsaturated/α-hetero) is 1. The smallest absolute Gasteiger partial charge is 0.212 e. The van der Waals surface area contributed by atoms with Gasteiger partial charge in [-0.1, -0.05) is 18.2 Å². The van der Waals surface area contributed by atoms with Crippen LogP contribution in [0.1, 0.15) is 22.3 Å². The van der Waals surface area contributed by atoms with Crippen molar-refractivity contribution >= 4 is 5.78 Å². The number of ketones is 1. The van der Waals surface area contributed by atoms with Crippen molar-refractivity contribution in [2.24, 2.45) is 0 Å². The number of carbonyl (C=O) groups excluding carboxylic acids is 1. The van der Waals surface area contributed by atoms with Gasteiger partial charge in [0.25, 0.3) is 0 Å². The molecule has 0 aliphatic heterocycles. The Morgan fingerprint density at radius 2 is 1.94 bits per heavy atom. The van der Waals surface area contributed by atoms with Gasteiger partial charge in [0, 0.05) is 29.8 Å². The number of rotatable bonds is 2. The first kappa shape index (κ1) is 11.0. The van der Waals surface area contributed by atoms with Crippen molar-refractivity contribution in [2.75, 3.05) is 7.11 Å². The highest BCUT2D eigenvalue weighted by Crippen LogP contribution is 2.28. The highest BCUT2D eigenvalue weighted by molar-refractivity contribution is 6.00. The number of aromatic nitrogens is 1. The Hall–Kier alpha value is -2.16. The Balaban J connectivity index is 1.99. The van der Waals surface area contributed by atoms with Gasteiger partial charge in [-0.25, -0.2) is 4.98 Å². The summed E-state index contributed by atoms with van der Waals surface area (Å²) in [7, 11) is 1.60. The van der Waals surface area contributed by atoms with E-state index >= 15 is 0 Å². The third-order valence-electron chi connectivity index (χ3n) is 3.31. The van der Waals surface area contributed by atoms with Gasteiger partial charge in [0.1, 0.15) is 0 Å². The topological polar surface area (TPSA) is 39.2 Å². The summed E-state index contributed by atoms with van der Waals surface area (Å²) in [6.45, 7) is 0. The summed E-state index contributed by atoms with van der Waals surface area (Å²) in [6.07, 6.45) is 3.28. The van der Waals surface area contributed by atoms with E-state index < -0.39 is 0 Å². The maximum Gasteiger partial charge on any atom is 0.212 e. The van der Waals surface area contributed by atoms with Crippen molar-refractivity contribution < 1.29 is 9.53 Å². The third-order valence-corrected chi connectivity index (χ3v) is 3.31. The molecule has 3 heteroatoms. The van der Waals surface area contributed by atoms with Crippen molar-refractivity contribution in [3.05, 3.63) is 47.7 Å². The number of fused-ring (bicyclic) bond motifs is 1. The summed E-state index contributed by atoms with van der Waals surface area (Å²) in [5.74, 6) is 0.861. The number of hydrogen-bond acceptors (Lipinski definition) is 3. The van der Waals surface area contributed by atoms with E-state index in [0.29, 0.717) is 12.3 Å². The number of ether oxygens (including phenoxy) is 1. The first-order chi connectivity index (χ1) is 8.78. The summed E-state index contributed by atoms with van der Waals surface area (Å²) in [5, 5.41) is 0. The molecular formula is C15H13NO2. The molecule has 90 valence electrons. The predicted octanol–water partition coefficient (Wildman–Crippen LogP) is 2.89. The molecule has 1 heterocycles. The Morgan fingerprint density at radius 1 is 1.11 bits per heavy atom.